The highest BCUT2D eigenvalue weighted by Crippen LogP contribution is 2.35. The van der Waals surface area contributed by atoms with Crippen molar-refractivity contribution in [2.75, 3.05) is 14.2 Å². The van der Waals surface area contributed by atoms with Crippen molar-refractivity contribution in [2.24, 2.45) is 5.73 Å². The molecule has 0 amide bonds. The van der Waals surface area contributed by atoms with E-state index in [1.54, 1.807) is 14.2 Å². The summed E-state index contributed by atoms with van der Waals surface area (Å²) in [5.74, 6) is 1.46. The number of methoxy groups -OCH3 is 2. The van der Waals surface area contributed by atoms with Crippen LogP contribution in [0.2, 0.25) is 0 Å². The third-order valence-corrected chi connectivity index (χ3v) is 2.76. The molecule has 0 aromatic heterocycles. The van der Waals surface area contributed by atoms with Gasteiger partial charge in [0.25, 0.3) is 0 Å². The smallest absolute Gasteiger partial charge is 0.165 e. The molecule has 0 bridgehead atoms. The Kier molecular flexibility index (Phi) is 5.57. The van der Waals surface area contributed by atoms with Gasteiger partial charge in [0.2, 0.25) is 0 Å². The van der Waals surface area contributed by atoms with E-state index in [4.69, 9.17) is 15.2 Å². The van der Waals surface area contributed by atoms with Gasteiger partial charge >= 0.3 is 0 Å². The molecule has 1 aromatic rings. The normalized spacial score (nSPS) is 11.9. The van der Waals surface area contributed by atoms with Crippen LogP contribution >= 0.6 is 0 Å². The summed E-state index contributed by atoms with van der Waals surface area (Å²) in [4.78, 5) is 0. The summed E-state index contributed by atoms with van der Waals surface area (Å²) in [6.07, 6.45) is 4.84. The second-order valence-corrected chi connectivity index (χ2v) is 3.91. The Bertz CT molecular complexity index is 363. The molecule has 0 saturated carbocycles. The van der Waals surface area contributed by atoms with E-state index in [9.17, 15) is 0 Å². The Morgan fingerprint density at radius 2 is 2.12 bits per heavy atom. The number of hydrogen-bond acceptors (Lipinski definition) is 3. The molecule has 17 heavy (non-hydrogen) atoms. The van der Waals surface area contributed by atoms with E-state index in [1.807, 2.05) is 24.3 Å². The van der Waals surface area contributed by atoms with E-state index in [0.717, 1.165) is 36.3 Å². The fraction of sp³-hybridized carbons (Fsp3) is 0.429. The lowest BCUT2D eigenvalue weighted by Crippen LogP contribution is -2.11. The Hall–Kier alpha value is -1.48. The molecule has 0 radical (unpaired) electrons. The van der Waals surface area contributed by atoms with Gasteiger partial charge in [0.1, 0.15) is 0 Å². The maximum Gasteiger partial charge on any atom is 0.165 e. The molecular weight excluding hydrogens is 214 g/mol. The predicted octanol–water partition coefficient (Wildman–Crippen LogP) is 3.06. The average Bonchev–Trinajstić information content (AvgIpc) is 2.37. The number of hydrogen-bond donors (Lipinski definition) is 1. The summed E-state index contributed by atoms with van der Waals surface area (Å²) in [6.45, 7) is 3.71. The third kappa shape index (κ3) is 3.49. The van der Waals surface area contributed by atoms with Gasteiger partial charge in [-0.05, 0) is 25.3 Å². The van der Waals surface area contributed by atoms with Crippen molar-refractivity contribution in [1.29, 1.82) is 0 Å². The number of allylic oxidation sites excluding steroid dienone is 1. The summed E-state index contributed by atoms with van der Waals surface area (Å²) in [6, 6.07) is 5.77. The molecule has 1 aromatic carbocycles. The lowest BCUT2D eigenvalue weighted by atomic mass is 10.0. The number of para-hydroxylation sites is 1. The first kappa shape index (κ1) is 13.6. The maximum atomic E-state index is 6.17. The molecule has 1 unspecified atom stereocenters. The van der Waals surface area contributed by atoms with Crippen LogP contribution in [-0.4, -0.2) is 14.2 Å². The minimum atomic E-state index is -0.0278. The van der Waals surface area contributed by atoms with Gasteiger partial charge in [0, 0.05) is 11.6 Å². The molecule has 0 saturated heterocycles. The molecule has 0 spiro atoms. The van der Waals surface area contributed by atoms with E-state index in [2.05, 4.69) is 6.58 Å². The molecule has 1 rings (SSSR count). The van der Waals surface area contributed by atoms with Gasteiger partial charge < -0.3 is 15.2 Å². The molecule has 3 heteroatoms. The number of rotatable bonds is 7. The van der Waals surface area contributed by atoms with Crippen LogP contribution in [0.4, 0.5) is 0 Å². The van der Waals surface area contributed by atoms with Gasteiger partial charge in [-0.15, -0.1) is 6.58 Å². The largest absolute Gasteiger partial charge is 0.493 e. The molecule has 0 heterocycles. The van der Waals surface area contributed by atoms with Crippen LogP contribution < -0.4 is 15.2 Å². The topological polar surface area (TPSA) is 44.5 Å². The van der Waals surface area contributed by atoms with Crippen LogP contribution in [-0.2, 0) is 0 Å². The van der Waals surface area contributed by atoms with E-state index >= 15 is 0 Å². The van der Waals surface area contributed by atoms with Gasteiger partial charge in [0.15, 0.2) is 11.5 Å². The van der Waals surface area contributed by atoms with Crippen molar-refractivity contribution < 1.29 is 9.47 Å². The summed E-state index contributed by atoms with van der Waals surface area (Å²) in [5.41, 5.74) is 7.16. The molecule has 2 N–H and O–H groups in total. The minimum absolute atomic E-state index is 0.0278. The number of ether oxygens (including phenoxy) is 2. The third-order valence-electron chi connectivity index (χ3n) is 2.76. The molecule has 0 aliphatic rings. The van der Waals surface area contributed by atoms with Gasteiger partial charge in [-0.25, -0.2) is 0 Å². The SMILES string of the molecule is C=CCCCC(N)c1cccc(OC)c1OC. The molecule has 3 nitrogen and oxygen atoms in total. The zero-order chi connectivity index (χ0) is 12.7. The van der Waals surface area contributed by atoms with Crippen LogP contribution in [0.25, 0.3) is 0 Å². The highest BCUT2D eigenvalue weighted by Gasteiger charge is 2.15. The number of unbranched alkanes of at least 4 members (excludes halogenated alkanes) is 1. The van der Waals surface area contributed by atoms with Gasteiger partial charge in [-0.3, -0.25) is 0 Å². The average molecular weight is 235 g/mol. The van der Waals surface area contributed by atoms with E-state index < -0.39 is 0 Å². The van der Waals surface area contributed by atoms with Crippen LogP contribution in [0.5, 0.6) is 11.5 Å². The molecule has 1 atom stereocenters. The van der Waals surface area contributed by atoms with Gasteiger partial charge in [-0.1, -0.05) is 18.2 Å². The zero-order valence-corrected chi connectivity index (χ0v) is 10.6. The highest BCUT2D eigenvalue weighted by atomic mass is 16.5. The first-order valence-electron chi connectivity index (χ1n) is 5.82. The Morgan fingerprint density at radius 1 is 1.35 bits per heavy atom. The van der Waals surface area contributed by atoms with Crippen molar-refractivity contribution in [1.82, 2.24) is 0 Å². The molecule has 0 aliphatic heterocycles. The fourth-order valence-electron chi connectivity index (χ4n) is 1.84. The van der Waals surface area contributed by atoms with Gasteiger partial charge in [0.05, 0.1) is 14.2 Å². The van der Waals surface area contributed by atoms with Crippen LogP contribution in [0, 0.1) is 0 Å². The summed E-state index contributed by atoms with van der Waals surface area (Å²) < 4.78 is 10.6. The molecule has 0 fully saturated rings. The lowest BCUT2D eigenvalue weighted by Gasteiger charge is -2.17. The quantitative estimate of drug-likeness (QED) is 0.583. The summed E-state index contributed by atoms with van der Waals surface area (Å²) in [7, 11) is 3.27. The van der Waals surface area contributed by atoms with Crippen LogP contribution in [0.1, 0.15) is 30.9 Å². The van der Waals surface area contributed by atoms with Crippen molar-refractivity contribution in [2.45, 2.75) is 25.3 Å². The van der Waals surface area contributed by atoms with Crippen molar-refractivity contribution in [3.8, 4) is 11.5 Å². The molecular formula is C14H21NO2. The Morgan fingerprint density at radius 3 is 2.71 bits per heavy atom. The zero-order valence-electron chi connectivity index (χ0n) is 10.6. The van der Waals surface area contributed by atoms with Crippen LogP contribution in [0.15, 0.2) is 30.9 Å². The minimum Gasteiger partial charge on any atom is -0.493 e. The second-order valence-electron chi connectivity index (χ2n) is 3.91. The Balaban J connectivity index is 2.84. The number of nitrogens with two attached hydrogens (primary N) is 1. The first-order valence-corrected chi connectivity index (χ1v) is 5.82. The standard InChI is InChI=1S/C14H21NO2/c1-4-5-6-9-12(15)11-8-7-10-13(16-2)14(11)17-3/h4,7-8,10,12H,1,5-6,9,15H2,2-3H3. The van der Waals surface area contributed by atoms with Crippen molar-refractivity contribution in [3.05, 3.63) is 36.4 Å². The first-order chi connectivity index (χ1) is 8.24. The van der Waals surface area contributed by atoms with E-state index in [1.165, 1.54) is 0 Å². The van der Waals surface area contributed by atoms with Crippen molar-refractivity contribution >= 4 is 0 Å². The highest BCUT2D eigenvalue weighted by molar-refractivity contribution is 5.47. The van der Waals surface area contributed by atoms with Crippen molar-refractivity contribution in [3.63, 3.8) is 0 Å². The van der Waals surface area contributed by atoms with E-state index in [-0.39, 0.29) is 6.04 Å². The summed E-state index contributed by atoms with van der Waals surface area (Å²) in [5, 5.41) is 0. The van der Waals surface area contributed by atoms with Crippen LogP contribution in [0.3, 0.4) is 0 Å². The monoisotopic (exact) mass is 235 g/mol. The fourth-order valence-corrected chi connectivity index (χ4v) is 1.84. The molecule has 0 aliphatic carbocycles. The maximum absolute atomic E-state index is 6.17. The van der Waals surface area contributed by atoms with Gasteiger partial charge in [-0.2, -0.15) is 0 Å². The molecule has 94 valence electrons. The summed E-state index contributed by atoms with van der Waals surface area (Å²) >= 11 is 0. The van der Waals surface area contributed by atoms with E-state index in [0.29, 0.717) is 0 Å². The Labute approximate surface area is 103 Å². The predicted molar refractivity (Wildman–Crippen MR) is 70.5 cm³/mol. The number of benzene rings is 1. The second kappa shape index (κ2) is 6.97. The lowest BCUT2D eigenvalue weighted by molar-refractivity contribution is 0.348.